The molecule has 1 aliphatic rings. The number of nitrogens with two attached hydrogens (primary N) is 2. The fourth-order valence-electron chi connectivity index (χ4n) is 3.20. The molecule has 1 aromatic rings. The second kappa shape index (κ2) is 7.97. The number of hydrogen-bond acceptors (Lipinski definition) is 3. The first-order chi connectivity index (χ1) is 11.0. The Morgan fingerprint density at radius 3 is 2.30 bits per heavy atom. The van der Waals surface area contributed by atoms with Crippen LogP contribution in [-0.2, 0) is 11.3 Å². The lowest BCUT2D eigenvalue weighted by Crippen LogP contribution is -2.36. The highest BCUT2D eigenvalue weighted by Gasteiger charge is 2.32. The molecular formula is C17H26N4O2. The van der Waals surface area contributed by atoms with E-state index >= 15 is 0 Å². The van der Waals surface area contributed by atoms with Crippen LogP contribution in [0.5, 0.6) is 0 Å². The minimum atomic E-state index is -0.554. The quantitative estimate of drug-likeness (QED) is 0.644. The van der Waals surface area contributed by atoms with Gasteiger partial charge in [-0.25, -0.2) is 4.79 Å². The predicted molar refractivity (Wildman–Crippen MR) is 90.7 cm³/mol. The fourth-order valence-corrected chi connectivity index (χ4v) is 3.20. The van der Waals surface area contributed by atoms with Crippen molar-refractivity contribution in [1.29, 1.82) is 0 Å². The van der Waals surface area contributed by atoms with Crippen molar-refractivity contribution >= 4 is 17.6 Å². The van der Waals surface area contributed by atoms with Gasteiger partial charge in [0.1, 0.15) is 0 Å². The summed E-state index contributed by atoms with van der Waals surface area (Å²) >= 11 is 0. The Bertz CT molecular complexity index is 536. The molecule has 126 valence electrons. The second-order valence-electron chi connectivity index (χ2n) is 6.40. The highest BCUT2D eigenvalue weighted by atomic mass is 16.2. The van der Waals surface area contributed by atoms with Crippen LogP contribution in [0.2, 0.25) is 0 Å². The van der Waals surface area contributed by atoms with Crippen molar-refractivity contribution in [2.45, 2.75) is 45.1 Å². The van der Waals surface area contributed by atoms with Gasteiger partial charge in [0.25, 0.3) is 0 Å². The molecule has 0 unspecified atom stereocenters. The maximum absolute atomic E-state index is 12.3. The van der Waals surface area contributed by atoms with E-state index < -0.39 is 6.03 Å². The molecule has 0 bridgehead atoms. The van der Waals surface area contributed by atoms with Gasteiger partial charge < -0.3 is 22.1 Å². The Labute approximate surface area is 137 Å². The zero-order valence-corrected chi connectivity index (χ0v) is 13.4. The summed E-state index contributed by atoms with van der Waals surface area (Å²) in [5.74, 6) is 0.0142. The summed E-state index contributed by atoms with van der Waals surface area (Å²) in [5, 5.41) is 5.46. The molecule has 1 aliphatic carbocycles. The van der Waals surface area contributed by atoms with Gasteiger partial charge in [0.2, 0.25) is 5.91 Å². The molecule has 6 heteroatoms. The first-order valence-corrected chi connectivity index (χ1v) is 8.15. The molecule has 0 heterocycles. The number of nitrogens with one attached hydrogen (secondary N) is 2. The van der Waals surface area contributed by atoms with Crippen molar-refractivity contribution in [1.82, 2.24) is 5.32 Å². The average Bonchev–Trinajstić information content (AvgIpc) is 2.55. The maximum Gasteiger partial charge on any atom is 0.312 e. The average molecular weight is 318 g/mol. The fraction of sp³-hybridized carbons (Fsp3) is 0.529. The molecule has 1 fully saturated rings. The van der Waals surface area contributed by atoms with E-state index in [1.54, 1.807) is 0 Å². The molecule has 0 radical (unpaired) electrons. The smallest absolute Gasteiger partial charge is 0.312 e. The van der Waals surface area contributed by atoms with Gasteiger partial charge in [0.05, 0.1) is 0 Å². The van der Waals surface area contributed by atoms with Crippen molar-refractivity contribution < 1.29 is 9.59 Å². The first-order valence-electron chi connectivity index (χ1n) is 8.15. The second-order valence-corrected chi connectivity index (χ2v) is 6.40. The highest BCUT2D eigenvalue weighted by Crippen LogP contribution is 2.38. The molecule has 1 aromatic carbocycles. The number of primary amides is 1. The summed E-state index contributed by atoms with van der Waals surface area (Å²) in [4.78, 5) is 23.0. The third-order valence-electron chi connectivity index (χ3n) is 4.59. The molecule has 6 nitrogen and oxygen atoms in total. The lowest BCUT2D eigenvalue weighted by atomic mass is 9.71. The molecule has 0 spiro atoms. The Hall–Kier alpha value is -2.08. The van der Waals surface area contributed by atoms with Gasteiger partial charge in [-0.05, 0) is 42.5 Å². The summed E-state index contributed by atoms with van der Waals surface area (Å²) in [5.41, 5.74) is 12.6. The molecular weight excluding hydrogens is 292 g/mol. The van der Waals surface area contributed by atoms with Crippen LogP contribution in [0.4, 0.5) is 10.5 Å². The number of amides is 3. The summed E-state index contributed by atoms with van der Waals surface area (Å²) in [6.45, 7) is 0.942. The lowest BCUT2D eigenvalue weighted by molar-refractivity contribution is -0.118. The van der Waals surface area contributed by atoms with Gasteiger partial charge in [0, 0.05) is 18.7 Å². The lowest BCUT2D eigenvalue weighted by Gasteiger charge is -2.35. The summed E-state index contributed by atoms with van der Waals surface area (Å²) < 4.78 is 0. The van der Waals surface area contributed by atoms with E-state index in [9.17, 15) is 9.59 Å². The maximum atomic E-state index is 12.3. The van der Waals surface area contributed by atoms with Crippen molar-refractivity contribution in [3.05, 3.63) is 29.8 Å². The molecule has 0 aromatic heterocycles. The highest BCUT2D eigenvalue weighted by molar-refractivity contribution is 5.91. The molecule has 0 atom stereocenters. The van der Waals surface area contributed by atoms with Crippen LogP contribution in [0, 0.1) is 5.41 Å². The van der Waals surface area contributed by atoms with E-state index in [1.807, 2.05) is 24.3 Å². The SMILES string of the molecule is NCC1(CC(=O)Nc2ccc(CNC(N)=O)cc2)CCCCC1. The molecule has 3 amide bonds. The van der Waals surface area contributed by atoms with Crippen LogP contribution in [0.3, 0.4) is 0 Å². The largest absolute Gasteiger partial charge is 0.352 e. The van der Waals surface area contributed by atoms with Gasteiger partial charge in [0.15, 0.2) is 0 Å². The molecule has 2 rings (SSSR count). The van der Waals surface area contributed by atoms with E-state index in [0.29, 0.717) is 19.5 Å². The van der Waals surface area contributed by atoms with Crippen LogP contribution in [0.1, 0.15) is 44.1 Å². The molecule has 23 heavy (non-hydrogen) atoms. The standard InChI is InChI=1S/C17H26N4O2/c18-12-17(8-2-1-3-9-17)10-15(22)21-14-6-4-13(5-7-14)11-20-16(19)23/h4-7H,1-3,8-12,18H2,(H,21,22)(H3,19,20,23). The monoisotopic (exact) mass is 318 g/mol. The number of carbonyl (C=O) groups excluding carboxylic acids is 2. The predicted octanol–water partition coefficient (Wildman–Crippen LogP) is 2.09. The molecule has 1 saturated carbocycles. The summed E-state index contributed by atoms with van der Waals surface area (Å²) in [7, 11) is 0. The van der Waals surface area contributed by atoms with Crippen LogP contribution in [0.25, 0.3) is 0 Å². The third-order valence-corrected chi connectivity index (χ3v) is 4.59. The summed E-state index contributed by atoms with van der Waals surface area (Å²) in [6, 6.07) is 6.80. The molecule has 0 aliphatic heterocycles. The Morgan fingerprint density at radius 2 is 1.74 bits per heavy atom. The van der Waals surface area contributed by atoms with Crippen LogP contribution in [-0.4, -0.2) is 18.5 Å². The number of carbonyl (C=O) groups is 2. The Balaban J connectivity index is 1.88. The Morgan fingerprint density at radius 1 is 1.09 bits per heavy atom. The third kappa shape index (κ3) is 5.25. The van der Waals surface area contributed by atoms with Crippen LogP contribution in [0.15, 0.2) is 24.3 Å². The normalized spacial score (nSPS) is 16.6. The van der Waals surface area contributed by atoms with Gasteiger partial charge in [-0.3, -0.25) is 4.79 Å². The molecule has 0 saturated heterocycles. The number of rotatable bonds is 6. The number of hydrogen-bond donors (Lipinski definition) is 4. The van der Waals surface area contributed by atoms with E-state index in [-0.39, 0.29) is 11.3 Å². The molecule has 6 N–H and O–H groups in total. The van der Waals surface area contributed by atoms with Crippen molar-refractivity contribution in [2.75, 3.05) is 11.9 Å². The van der Waals surface area contributed by atoms with E-state index in [4.69, 9.17) is 11.5 Å². The zero-order chi connectivity index (χ0) is 16.7. The van der Waals surface area contributed by atoms with Crippen molar-refractivity contribution in [3.8, 4) is 0 Å². The van der Waals surface area contributed by atoms with Gasteiger partial charge in [-0.2, -0.15) is 0 Å². The first kappa shape index (κ1) is 17.3. The number of benzene rings is 1. The Kier molecular flexibility index (Phi) is 5.98. The van der Waals surface area contributed by atoms with Gasteiger partial charge in [-0.15, -0.1) is 0 Å². The van der Waals surface area contributed by atoms with Crippen LogP contribution >= 0.6 is 0 Å². The zero-order valence-electron chi connectivity index (χ0n) is 13.4. The topological polar surface area (TPSA) is 110 Å². The van der Waals surface area contributed by atoms with Crippen molar-refractivity contribution in [3.63, 3.8) is 0 Å². The van der Waals surface area contributed by atoms with Gasteiger partial charge >= 0.3 is 6.03 Å². The minimum Gasteiger partial charge on any atom is -0.352 e. The number of urea groups is 1. The summed E-state index contributed by atoms with van der Waals surface area (Å²) in [6.07, 6.45) is 6.11. The van der Waals surface area contributed by atoms with E-state index in [1.165, 1.54) is 6.42 Å². The van der Waals surface area contributed by atoms with Crippen LogP contribution < -0.4 is 22.1 Å². The van der Waals surface area contributed by atoms with E-state index in [2.05, 4.69) is 10.6 Å². The van der Waals surface area contributed by atoms with Gasteiger partial charge in [-0.1, -0.05) is 31.4 Å². The minimum absolute atomic E-state index is 0.0142. The van der Waals surface area contributed by atoms with Crippen molar-refractivity contribution in [2.24, 2.45) is 16.9 Å². The number of anilines is 1. The van der Waals surface area contributed by atoms with E-state index in [0.717, 1.165) is 36.9 Å².